The minimum absolute atomic E-state index is 0.0297. The molecule has 2 N–H and O–H groups in total. The average molecular weight is 322 g/mol. The van der Waals surface area contributed by atoms with Gasteiger partial charge in [-0.3, -0.25) is 0 Å². The number of allylic oxidation sites excluding steroid dienone is 1. The van der Waals surface area contributed by atoms with Crippen LogP contribution in [0.15, 0.2) is 29.5 Å². The van der Waals surface area contributed by atoms with Crippen LogP contribution < -0.4 is 10.1 Å². The Balaban J connectivity index is 2.56. The second-order valence-electron chi connectivity index (χ2n) is 4.86. The first-order chi connectivity index (χ1) is 10.4. The molecule has 0 aliphatic carbocycles. The third kappa shape index (κ3) is 2.71. The summed E-state index contributed by atoms with van der Waals surface area (Å²) in [5.74, 6) is -0.0792. The molecule has 6 nitrogen and oxygen atoms in total. The van der Waals surface area contributed by atoms with Crippen molar-refractivity contribution >= 4 is 23.3 Å². The third-order valence-corrected chi connectivity index (χ3v) is 4.09. The molecule has 1 heterocycles. The molecule has 0 fully saturated rings. The number of esters is 1. The molecule has 1 unspecified atom stereocenters. The number of ether oxygens (including phenoxy) is 2. The van der Waals surface area contributed by atoms with Crippen LogP contribution in [0.5, 0.6) is 11.5 Å². The van der Waals surface area contributed by atoms with Gasteiger partial charge in [0.1, 0.15) is 0 Å². The van der Waals surface area contributed by atoms with Crippen molar-refractivity contribution in [3.05, 3.63) is 35.0 Å². The number of phenolic OH excluding ortho intramolecular Hbond substituents is 1. The molecule has 1 aromatic rings. The van der Waals surface area contributed by atoms with E-state index in [1.165, 1.54) is 20.3 Å². The van der Waals surface area contributed by atoms with Crippen LogP contribution in [0.3, 0.4) is 0 Å². The molecule has 118 valence electrons. The fourth-order valence-corrected chi connectivity index (χ4v) is 2.59. The Morgan fingerprint density at radius 3 is 2.68 bits per heavy atom. The topological polar surface area (TPSA) is 71.0 Å². The Labute approximate surface area is 134 Å². The lowest BCUT2D eigenvalue weighted by atomic mass is 9.95. The number of thiocarbonyl (C=S) groups is 1. The van der Waals surface area contributed by atoms with Crippen molar-refractivity contribution in [2.75, 3.05) is 21.3 Å². The zero-order valence-corrected chi connectivity index (χ0v) is 13.7. The Bertz CT molecular complexity index is 657. The van der Waals surface area contributed by atoms with Gasteiger partial charge >= 0.3 is 5.97 Å². The van der Waals surface area contributed by atoms with Gasteiger partial charge in [0.05, 0.1) is 25.8 Å². The van der Waals surface area contributed by atoms with Crippen molar-refractivity contribution in [3.8, 4) is 11.5 Å². The van der Waals surface area contributed by atoms with Crippen LogP contribution >= 0.6 is 12.2 Å². The normalized spacial score (nSPS) is 18.1. The quantitative estimate of drug-likeness (QED) is 0.648. The number of methoxy groups -OCH3 is 2. The second kappa shape index (κ2) is 6.23. The molecule has 0 amide bonds. The van der Waals surface area contributed by atoms with E-state index in [0.717, 1.165) is 5.56 Å². The Hall–Kier alpha value is -2.28. The lowest BCUT2D eigenvalue weighted by Crippen LogP contribution is -2.46. The van der Waals surface area contributed by atoms with E-state index >= 15 is 0 Å². The Morgan fingerprint density at radius 1 is 1.41 bits per heavy atom. The Morgan fingerprint density at radius 2 is 2.09 bits per heavy atom. The summed E-state index contributed by atoms with van der Waals surface area (Å²) in [6.07, 6.45) is 0. The van der Waals surface area contributed by atoms with Gasteiger partial charge < -0.3 is 24.8 Å². The molecule has 7 heteroatoms. The van der Waals surface area contributed by atoms with Gasteiger partial charge in [-0.25, -0.2) is 4.79 Å². The summed E-state index contributed by atoms with van der Waals surface area (Å²) in [5.41, 5.74) is 1.92. The first-order valence-electron chi connectivity index (χ1n) is 6.61. The van der Waals surface area contributed by atoms with Crippen LogP contribution in [-0.4, -0.2) is 42.4 Å². The molecule has 0 aromatic heterocycles. The van der Waals surface area contributed by atoms with Gasteiger partial charge in [0.15, 0.2) is 16.6 Å². The van der Waals surface area contributed by atoms with Crippen molar-refractivity contribution in [1.29, 1.82) is 0 Å². The highest BCUT2D eigenvalue weighted by Gasteiger charge is 2.33. The smallest absolute Gasteiger partial charge is 0.337 e. The zero-order chi connectivity index (χ0) is 16.4. The highest BCUT2D eigenvalue weighted by atomic mass is 32.1. The minimum Gasteiger partial charge on any atom is -0.504 e. The molecule has 22 heavy (non-hydrogen) atoms. The van der Waals surface area contributed by atoms with Crippen LogP contribution in [-0.2, 0) is 9.53 Å². The monoisotopic (exact) mass is 322 g/mol. The van der Waals surface area contributed by atoms with Crippen LogP contribution in [0.4, 0.5) is 0 Å². The van der Waals surface area contributed by atoms with E-state index in [1.807, 2.05) is 6.92 Å². The zero-order valence-electron chi connectivity index (χ0n) is 12.8. The summed E-state index contributed by atoms with van der Waals surface area (Å²) in [7, 11) is 4.58. The highest BCUT2D eigenvalue weighted by Crippen LogP contribution is 2.35. The molecule has 0 spiro atoms. The molecular formula is C15H18N2O4S. The standard InChI is InChI=1S/C15H18N2O4S/c1-8-12(14(19)21-4)13(16-15(22)17(8)2)9-5-6-10(18)11(7-9)20-3/h5-7,13,18H,1-4H3,(H,16,22). The first-order valence-corrected chi connectivity index (χ1v) is 7.01. The van der Waals surface area contributed by atoms with Gasteiger partial charge in [0, 0.05) is 12.7 Å². The van der Waals surface area contributed by atoms with Gasteiger partial charge in [-0.15, -0.1) is 0 Å². The number of carbonyl (C=O) groups is 1. The molecular weight excluding hydrogens is 304 g/mol. The molecule has 0 bridgehead atoms. The maximum Gasteiger partial charge on any atom is 0.337 e. The summed E-state index contributed by atoms with van der Waals surface area (Å²) in [4.78, 5) is 13.9. The van der Waals surface area contributed by atoms with Gasteiger partial charge in [-0.2, -0.15) is 0 Å². The van der Waals surface area contributed by atoms with Gasteiger partial charge in [0.2, 0.25) is 0 Å². The number of benzene rings is 1. The number of hydrogen-bond acceptors (Lipinski definition) is 5. The predicted molar refractivity (Wildman–Crippen MR) is 85.6 cm³/mol. The van der Waals surface area contributed by atoms with Gasteiger partial charge in [-0.1, -0.05) is 6.07 Å². The molecule has 0 radical (unpaired) electrons. The van der Waals surface area contributed by atoms with E-state index in [1.54, 1.807) is 24.1 Å². The van der Waals surface area contributed by atoms with Crippen molar-refractivity contribution in [1.82, 2.24) is 10.2 Å². The number of rotatable bonds is 3. The number of carbonyl (C=O) groups excluding carboxylic acids is 1. The number of aromatic hydroxyl groups is 1. The molecule has 1 aliphatic rings. The second-order valence-corrected chi connectivity index (χ2v) is 5.25. The van der Waals surface area contributed by atoms with Crippen molar-refractivity contribution in [3.63, 3.8) is 0 Å². The summed E-state index contributed by atoms with van der Waals surface area (Å²) >= 11 is 5.29. The minimum atomic E-state index is -0.467. The predicted octanol–water partition coefficient (Wildman–Crippen LogP) is 1.71. The lowest BCUT2D eigenvalue weighted by molar-refractivity contribution is -0.136. The largest absolute Gasteiger partial charge is 0.504 e. The Kier molecular flexibility index (Phi) is 4.56. The van der Waals surface area contributed by atoms with Gasteiger partial charge in [-0.05, 0) is 36.8 Å². The van der Waals surface area contributed by atoms with Crippen molar-refractivity contribution in [2.45, 2.75) is 13.0 Å². The van der Waals surface area contributed by atoms with E-state index in [2.05, 4.69) is 5.32 Å². The fraction of sp³-hybridized carbons (Fsp3) is 0.333. The summed E-state index contributed by atoms with van der Waals surface area (Å²) in [6.45, 7) is 1.81. The number of hydrogen-bond donors (Lipinski definition) is 2. The first kappa shape index (κ1) is 16.1. The molecule has 0 saturated heterocycles. The fourth-order valence-electron chi connectivity index (χ4n) is 2.33. The van der Waals surface area contributed by atoms with Crippen LogP contribution in [0.25, 0.3) is 0 Å². The number of nitrogens with one attached hydrogen (secondary N) is 1. The molecule has 0 saturated carbocycles. The third-order valence-electron chi connectivity index (χ3n) is 3.70. The van der Waals surface area contributed by atoms with Crippen LogP contribution in [0, 0.1) is 0 Å². The van der Waals surface area contributed by atoms with E-state index < -0.39 is 12.0 Å². The number of nitrogens with zero attached hydrogens (tertiary/aromatic N) is 1. The van der Waals surface area contributed by atoms with E-state index in [-0.39, 0.29) is 5.75 Å². The lowest BCUT2D eigenvalue weighted by Gasteiger charge is -2.35. The SMILES string of the molecule is COC(=O)C1=C(C)N(C)C(=S)NC1c1ccc(O)c(OC)c1. The average Bonchev–Trinajstić information content (AvgIpc) is 2.52. The van der Waals surface area contributed by atoms with Crippen LogP contribution in [0.1, 0.15) is 18.5 Å². The maximum absolute atomic E-state index is 12.2. The van der Waals surface area contributed by atoms with Gasteiger partial charge in [0.25, 0.3) is 0 Å². The van der Waals surface area contributed by atoms with Crippen molar-refractivity contribution < 1.29 is 19.4 Å². The molecule has 1 atom stereocenters. The summed E-state index contributed by atoms with van der Waals surface area (Å²) in [5, 5.41) is 13.3. The summed E-state index contributed by atoms with van der Waals surface area (Å²) in [6, 6.07) is 4.42. The molecule has 1 aromatic carbocycles. The number of phenols is 1. The van der Waals surface area contributed by atoms with E-state index in [9.17, 15) is 9.90 Å². The van der Waals surface area contributed by atoms with Crippen molar-refractivity contribution in [2.24, 2.45) is 0 Å². The summed E-state index contributed by atoms with van der Waals surface area (Å²) < 4.78 is 10.0. The van der Waals surface area contributed by atoms with Crippen LogP contribution in [0.2, 0.25) is 0 Å². The molecule has 1 aliphatic heterocycles. The highest BCUT2D eigenvalue weighted by molar-refractivity contribution is 7.80. The van der Waals surface area contributed by atoms with E-state index in [0.29, 0.717) is 22.1 Å². The maximum atomic E-state index is 12.2. The molecule has 2 rings (SSSR count). The van der Waals surface area contributed by atoms with E-state index in [4.69, 9.17) is 21.7 Å².